The second kappa shape index (κ2) is 4.63. The van der Waals surface area contributed by atoms with E-state index in [1.54, 1.807) is 12.1 Å². The van der Waals surface area contributed by atoms with Crippen LogP contribution in [-0.4, -0.2) is 38.9 Å². The zero-order valence-electron chi connectivity index (χ0n) is 9.79. The zero-order chi connectivity index (χ0) is 11.7. The minimum absolute atomic E-state index is 0.154. The van der Waals surface area contributed by atoms with Crippen LogP contribution in [0.1, 0.15) is 5.56 Å². The fourth-order valence-corrected chi connectivity index (χ4v) is 2.59. The van der Waals surface area contributed by atoms with Crippen molar-refractivity contribution in [3.05, 3.63) is 29.6 Å². The first-order valence-electron chi connectivity index (χ1n) is 6.18. The molecule has 0 radical (unpaired) electrons. The molecule has 2 heterocycles. The molecular weight excluding hydrogens is 219 g/mol. The molecule has 0 spiro atoms. The van der Waals surface area contributed by atoms with Crippen molar-refractivity contribution in [2.24, 2.45) is 0 Å². The third-order valence-electron chi connectivity index (χ3n) is 3.47. The molecule has 1 N–H and O–H groups in total. The number of nitrogens with one attached hydrogen (secondary N) is 1. The largest absolute Gasteiger partial charge is 0.374 e. The molecule has 1 saturated heterocycles. The molecule has 3 nitrogen and oxygen atoms in total. The van der Waals surface area contributed by atoms with Gasteiger partial charge in [-0.25, -0.2) is 4.39 Å². The smallest absolute Gasteiger partial charge is 0.125 e. The van der Waals surface area contributed by atoms with E-state index in [0.29, 0.717) is 0 Å². The molecule has 1 unspecified atom stereocenters. The summed E-state index contributed by atoms with van der Waals surface area (Å²) < 4.78 is 18.9. The molecule has 0 saturated carbocycles. The van der Waals surface area contributed by atoms with E-state index in [0.717, 1.165) is 44.9 Å². The van der Waals surface area contributed by atoms with Crippen LogP contribution in [-0.2, 0) is 11.2 Å². The zero-order valence-corrected chi connectivity index (χ0v) is 9.79. The van der Waals surface area contributed by atoms with Gasteiger partial charge in [0.05, 0.1) is 12.7 Å². The lowest BCUT2D eigenvalue weighted by Crippen LogP contribution is -2.45. The molecule has 0 amide bonds. The monoisotopic (exact) mass is 236 g/mol. The summed E-state index contributed by atoms with van der Waals surface area (Å²) in [7, 11) is 0. The summed E-state index contributed by atoms with van der Waals surface area (Å²) in [4.78, 5) is 2.23. The van der Waals surface area contributed by atoms with Gasteiger partial charge in [-0.3, -0.25) is 0 Å². The minimum atomic E-state index is -0.154. The SMILES string of the molecule is Fc1ccc2c(c1)N(CC1CNCCO1)CC2. The highest BCUT2D eigenvalue weighted by Gasteiger charge is 2.23. The number of hydrogen-bond donors (Lipinski definition) is 1. The summed E-state index contributed by atoms with van der Waals surface area (Å²) in [5.41, 5.74) is 2.29. The van der Waals surface area contributed by atoms with Crippen LogP contribution >= 0.6 is 0 Å². The van der Waals surface area contributed by atoms with Crippen molar-refractivity contribution in [2.75, 3.05) is 37.7 Å². The lowest BCUT2D eigenvalue weighted by atomic mass is 10.1. The highest BCUT2D eigenvalue weighted by molar-refractivity contribution is 5.58. The molecule has 17 heavy (non-hydrogen) atoms. The average molecular weight is 236 g/mol. The fraction of sp³-hybridized carbons (Fsp3) is 0.538. The van der Waals surface area contributed by atoms with E-state index in [-0.39, 0.29) is 11.9 Å². The maximum atomic E-state index is 13.2. The molecule has 0 aliphatic carbocycles. The summed E-state index contributed by atoms with van der Waals surface area (Å²) in [5, 5.41) is 3.32. The van der Waals surface area contributed by atoms with Gasteiger partial charge in [0.2, 0.25) is 0 Å². The van der Waals surface area contributed by atoms with Crippen molar-refractivity contribution in [1.82, 2.24) is 5.32 Å². The molecule has 0 bridgehead atoms. The summed E-state index contributed by atoms with van der Waals surface area (Å²) in [5.74, 6) is -0.154. The topological polar surface area (TPSA) is 24.5 Å². The highest BCUT2D eigenvalue weighted by atomic mass is 19.1. The van der Waals surface area contributed by atoms with Crippen LogP contribution in [0, 0.1) is 5.82 Å². The Balaban J connectivity index is 1.72. The summed E-state index contributed by atoms with van der Waals surface area (Å²) in [6, 6.07) is 5.07. The molecule has 4 heteroatoms. The van der Waals surface area contributed by atoms with Gasteiger partial charge in [-0.05, 0) is 24.1 Å². The van der Waals surface area contributed by atoms with Crippen LogP contribution in [0.25, 0.3) is 0 Å². The number of rotatable bonds is 2. The summed E-state index contributed by atoms with van der Waals surface area (Å²) in [6.45, 7) is 4.42. The van der Waals surface area contributed by atoms with Gasteiger partial charge in [0.1, 0.15) is 5.82 Å². The Morgan fingerprint density at radius 2 is 2.41 bits per heavy atom. The Labute approximate surface area is 101 Å². The van der Waals surface area contributed by atoms with E-state index in [4.69, 9.17) is 4.74 Å². The van der Waals surface area contributed by atoms with Crippen molar-refractivity contribution in [2.45, 2.75) is 12.5 Å². The van der Waals surface area contributed by atoms with Crippen LogP contribution in [0.5, 0.6) is 0 Å². The maximum absolute atomic E-state index is 13.2. The summed E-state index contributed by atoms with van der Waals surface area (Å²) in [6.07, 6.45) is 1.23. The number of ether oxygens (including phenoxy) is 1. The molecule has 92 valence electrons. The predicted octanol–water partition coefficient (Wildman–Crippen LogP) is 1.18. The lowest BCUT2D eigenvalue weighted by Gasteiger charge is -2.29. The van der Waals surface area contributed by atoms with E-state index in [9.17, 15) is 4.39 Å². The molecular formula is C13H17FN2O. The Hall–Kier alpha value is -1.13. The lowest BCUT2D eigenvalue weighted by molar-refractivity contribution is 0.0336. The van der Waals surface area contributed by atoms with Crippen LogP contribution in [0.2, 0.25) is 0 Å². The van der Waals surface area contributed by atoms with Gasteiger partial charge < -0.3 is 15.0 Å². The second-order valence-electron chi connectivity index (χ2n) is 4.67. The quantitative estimate of drug-likeness (QED) is 0.834. The standard InChI is InChI=1S/C13H17FN2O/c14-11-2-1-10-3-5-16(13(10)7-11)9-12-8-15-4-6-17-12/h1-2,7,12,15H,3-6,8-9H2. The molecule has 3 rings (SSSR count). The van der Waals surface area contributed by atoms with Crippen LogP contribution in [0.3, 0.4) is 0 Å². The molecule has 2 aliphatic rings. The van der Waals surface area contributed by atoms with Crippen LogP contribution < -0.4 is 10.2 Å². The number of nitrogens with zero attached hydrogens (tertiary/aromatic N) is 1. The minimum Gasteiger partial charge on any atom is -0.374 e. The van der Waals surface area contributed by atoms with Crippen molar-refractivity contribution < 1.29 is 9.13 Å². The number of fused-ring (bicyclic) bond motifs is 1. The second-order valence-corrected chi connectivity index (χ2v) is 4.67. The van der Waals surface area contributed by atoms with Gasteiger partial charge in [0.15, 0.2) is 0 Å². The van der Waals surface area contributed by atoms with E-state index in [1.165, 1.54) is 5.56 Å². The van der Waals surface area contributed by atoms with Crippen molar-refractivity contribution in [3.8, 4) is 0 Å². The van der Waals surface area contributed by atoms with Gasteiger partial charge in [-0.1, -0.05) is 6.07 Å². The van der Waals surface area contributed by atoms with E-state index >= 15 is 0 Å². The van der Waals surface area contributed by atoms with E-state index in [2.05, 4.69) is 10.2 Å². The van der Waals surface area contributed by atoms with Gasteiger partial charge in [0.25, 0.3) is 0 Å². The van der Waals surface area contributed by atoms with Gasteiger partial charge >= 0.3 is 0 Å². The van der Waals surface area contributed by atoms with Crippen molar-refractivity contribution in [3.63, 3.8) is 0 Å². The first-order chi connectivity index (χ1) is 8.33. The molecule has 1 fully saturated rings. The number of morpholine rings is 1. The highest BCUT2D eigenvalue weighted by Crippen LogP contribution is 2.28. The molecule has 1 aromatic carbocycles. The number of hydrogen-bond acceptors (Lipinski definition) is 3. The first-order valence-corrected chi connectivity index (χ1v) is 6.18. The van der Waals surface area contributed by atoms with Gasteiger partial charge in [0, 0.05) is 31.9 Å². The Kier molecular flexibility index (Phi) is 2.99. The van der Waals surface area contributed by atoms with E-state index in [1.807, 2.05) is 6.07 Å². The number of halogens is 1. The third kappa shape index (κ3) is 2.28. The van der Waals surface area contributed by atoms with Gasteiger partial charge in [-0.2, -0.15) is 0 Å². The van der Waals surface area contributed by atoms with Crippen LogP contribution in [0.15, 0.2) is 18.2 Å². The third-order valence-corrected chi connectivity index (χ3v) is 3.47. The molecule has 2 aliphatic heterocycles. The number of anilines is 1. The Morgan fingerprint density at radius 3 is 3.24 bits per heavy atom. The van der Waals surface area contributed by atoms with E-state index < -0.39 is 0 Å². The fourth-order valence-electron chi connectivity index (χ4n) is 2.59. The molecule has 1 aromatic rings. The summed E-state index contributed by atoms with van der Waals surface area (Å²) >= 11 is 0. The Bertz CT molecular complexity index is 404. The Morgan fingerprint density at radius 1 is 1.47 bits per heavy atom. The number of benzene rings is 1. The van der Waals surface area contributed by atoms with Crippen LogP contribution in [0.4, 0.5) is 10.1 Å². The average Bonchev–Trinajstić information content (AvgIpc) is 2.73. The van der Waals surface area contributed by atoms with Gasteiger partial charge in [-0.15, -0.1) is 0 Å². The van der Waals surface area contributed by atoms with Crippen molar-refractivity contribution >= 4 is 5.69 Å². The predicted molar refractivity (Wildman–Crippen MR) is 64.9 cm³/mol. The van der Waals surface area contributed by atoms with Crippen molar-refractivity contribution in [1.29, 1.82) is 0 Å². The maximum Gasteiger partial charge on any atom is 0.125 e. The molecule has 1 atom stereocenters. The normalized spacial score (nSPS) is 23.8. The first kappa shape index (κ1) is 11.0. The molecule has 0 aromatic heterocycles.